The van der Waals surface area contributed by atoms with Crippen molar-refractivity contribution in [1.82, 2.24) is 5.32 Å². The second kappa shape index (κ2) is 7.48. The summed E-state index contributed by atoms with van der Waals surface area (Å²) in [6.45, 7) is 5.96. The third-order valence-electron chi connectivity index (χ3n) is 3.20. The van der Waals surface area contributed by atoms with E-state index in [4.69, 9.17) is 14.2 Å². The highest BCUT2D eigenvalue weighted by Crippen LogP contribution is 2.23. The number of aryl methyl sites for hydroxylation is 1. The van der Waals surface area contributed by atoms with Gasteiger partial charge in [-0.05, 0) is 13.0 Å². The Bertz CT molecular complexity index is 389. The minimum Gasteiger partial charge on any atom is -0.488 e. The molecule has 4 heteroatoms. The molecule has 0 radical (unpaired) electrons. The van der Waals surface area contributed by atoms with Crippen molar-refractivity contribution in [1.29, 1.82) is 0 Å². The van der Waals surface area contributed by atoms with Crippen molar-refractivity contribution in [2.45, 2.75) is 26.0 Å². The molecule has 0 aromatic heterocycles. The topological polar surface area (TPSA) is 39.7 Å². The lowest BCUT2D eigenvalue weighted by atomic mass is 10.1. The van der Waals surface area contributed by atoms with Crippen molar-refractivity contribution < 1.29 is 14.2 Å². The minimum atomic E-state index is 0.195. The largest absolute Gasteiger partial charge is 0.488 e. The summed E-state index contributed by atoms with van der Waals surface area (Å²) >= 11 is 0. The van der Waals surface area contributed by atoms with Gasteiger partial charge in [0.1, 0.15) is 11.9 Å². The lowest BCUT2D eigenvalue weighted by Gasteiger charge is -2.16. The van der Waals surface area contributed by atoms with E-state index in [0.717, 1.165) is 38.5 Å². The lowest BCUT2D eigenvalue weighted by molar-refractivity contribution is 0.140. The van der Waals surface area contributed by atoms with E-state index in [1.807, 2.05) is 0 Å². The summed E-state index contributed by atoms with van der Waals surface area (Å²) in [5.41, 5.74) is 2.45. The number of benzene rings is 1. The van der Waals surface area contributed by atoms with Crippen LogP contribution in [0, 0.1) is 6.92 Å². The van der Waals surface area contributed by atoms with Gasteiger partial charge in [0, 0.05) is 32.2 Å². The van der Waals surface area contributed by atoms with Gasteiger partial charge in [0.15, 0.2) is 0 Å². The first-order valence-electron chi connectivity index (χ1n) is 6.83. The van der Waals surface area contributed by atoms with Crippen molar-refractivity contribution >= 4 is 0 Å². The predicted octanol–water partition coefficient (Wildman–Crippen LogP) is 1.90. The normalized spacial score (nSPS) is 18.7. The van der Waals surface area contributed by atoms with Gasteiger partial charge in [0.25, 0.3) is 0 Å². The average Bonchev–Trinajstić information content (AvgIpc) is 2.90. The second-order valence-corrected chi connectivity index (χ2v) is 4.88. The fourth-order valence-electron chi connectivity index (χ4n) is 2.14. The Morgan fingerprint density at radius 2 is 2.32 bits per heavy atom. The highest BCUT2D eigenvalue weighted by molar-refractivity contribution is 5.37. The van der Waals surface area contributed by atoms with Crippen LogP contribution in [0.25, 0.3) is 0 Å². The molecule has 4 nitrogen and oxygen atoms in total. The first-order chi connectivity index (χ1) is 9.29. The van der Waals surface area contributed by atoms with Crippen molar-refractivity contribution in [2.24, 2.45) is 0 Å². The van der Waals surface area contributed by atoms with Crippen LogP contribution in [0.15, 0.2) is 18.2 Å². The molecule has 106 valence electrons. The zero-order chi connectivity index (χ0) is 13.5. The molecule has 0 amide bonds. The van der Waals surface area contributed by atoms with Crippen molar-refractivity contribution in [2.75, 3.05) is 33.5 Å². The molecular formula is C15H23NO3. The standard InChI is InChI=1S/C15H23NO3/c1-12-3-4-15(19-14-5-7-18-11-14)13(9-12)10-16-6-8-17-2/h3-4,9,14,16H,5-8,10-11H2,1-2H3. The summed E-state index contributed by atoms with van der Waals surface area (Å²) in [4.78, 5) is 0. The van der Waals surface area contributed by atoms with Crippen LogP contribution in [-0.2, 0) is 16.0 Å². The lowest BCUT2D eigenvalue weighted by Crippen LogP contribution is -2.21. The summed E-state index contributed by atoms with van der Waals surface area (Å²) in [6, 6.07) is 6.32. The van der Waals surface area contributed by atoms with E-state index in [0.29, 0.717) is 6.61 Å². The van der Waals surface area contributed by atoms with Crippen LogP contribution in [0.4, 0.5) is 0 Å². The van der Waals surface area contributed by atoms with E-state index < -0.39 is 0 Å². The summed E-state index contributed by atoms with van der Waals surface area (Å²) in [6.07, 6.45) is 1.17. The van der Waals surface area contributed by atoms with E-state index >= 15 is 0 Å². The number of hydrogen-bond donors (Lipinski definition) is 1. The van der Waals surface area contributed by atoms with Crippen LogP contribution in [0.3, 0.4) is 0 Å². The second-order valence-electron chi connectivity index (χ2n) is 4.88. The Labute approximate surface area is 115 Å². The average molecular weight is 265 g/mol. The Balaban J connectivity index is 1.95. The van der Waals surface area contributed by atoms with Crippen LogP contribution >= 0.6 is 0 Å². The van der Waals surface area contributed by atoms with Crippen LogP contribution in [-0.4, -0.2) is 39.6 Å². The van der Waals surface area contributed by atoms with Gasteiger partial charge in [-0.2, -0.15) is 0 Å². The zero-order valence-electron chi connectivity index (χ0n) is 11.8. The molecule has 1 aliphatic rings. The molecule has 1 aromatic rings. The van der Waals surface area contributed by atoms with Crippen molar-refractivity contribution in [3.8, 4) is 5.75 Å². The van der Waals surface area contributed by atoms with Gasteiger partial charge < -0.3 is 19.5 Å². The number of methoxy groups -OCH3 is 1. The summed E-state index contributed by atoms with van der Waals surface area (Å²) in [5, 5.41) is 3.36. The molecular weight excluding hydrogens is 242 g/mol. The molecule has 1 atom stereocenters. The molecule has 1 aromatic carbocycles. The van der Waals surface area contributed by atoms with Crippen LogP contribution < -0.4 is 10.1 Å². The third-order valence-corrected chi connectivity index (χ3v) is 3.20. The number of ether oxygens (including phenoxy) is 3. The minimum absolute atomic E-state index is 0.195. The third kappa shape index (κ3) is 4.49. The predicted molar refractivity (Wildman–Crippen MR) is 74.6 cm³/mol. The fraction of sp³-hybridized carbons (Fsp3) is 0.600. The Morgan fingerprint density at radius 1 is 1.42 bits per heavy atom. The molecule has 0 bridgehead atoms. The molecule has 19 heavy (non-hydrogen) atoms. The highest BCUT2D eigenvalue weighted by atomic mass is 16.5. The van der Waals surface area contributed by atoms with Crippen LogP contribution in [0.5, 0.6) is 5.75 Å². The molecule has 1 heterocycles. The van der Waals surface area contributed by atoms with Gasteiger partial charge in [0.05, 0.1) is 19.8 Å². The van der Waals surface area contributed by atoms with Gasteiger partial charge in [-0.15, -0.1) is 0 Å². The van der Waals surface area contributed by atoms with Gasteiger partial charge in [-0.25, -0.2) is 0 Å². The first-order valence-corrected chi connectivity index (χ1v) is 6.83. The van der Waals surface area contributed by atoms with E-state index in [1.54, 1.807) is 7.11 Å². The zero-order valence-corrected chi connectivity index (χ0v) is 11.8. The SMILES string of the molecule is COCCNCc1cc(C)ccc1OC1CCOC1. The summed E-state index contributed by atoms with van der Waals surface area (Å²) < 4.78 is 16.4. The van der Waals surface area contributed by atoms with Crippen LogP contribution in [0.1, 0.15) is 17.5 Å². The smallest absolute Gasteiger partial charge is 0.124 e. The number of rotatable bonds is 7. The van der Waals surface area contributed by atoms with Crippen molar-refractivity contribution in [3.63, 3.8) is 0 Å². The molecule has 1 N–H and O–H groups in total. The molecule has 0 spiro atoms. The molecule has 1 unspecified atom stereocenters. The molecule has 1 aliphatic heterocycles. The quantitative estimate of drug-likeness (QED) is 0.764. The van der Waals surface area contributed by atoms with Gasteiger partial charge in [-0.1, -0.05) is 17.7 Å². The number of hydrogen-bond acceptors (Lipinski definition) is 4. The van der Waals surface area contributed by atoms with Gasteiger partial charge >= 0.3 is 0 Å². The van der Waals surface area contributed by atoms with E-state index in [9.17, 15) is 0 Å². The maximum absolute atomic E-state index is 6.02. The number of nitrogens with one attached hydrogen (secondary N) is 1. The first kappa shape index (κ1) is 14.3. The maximum atomic E-state index is 6.02. The van der Waals surface area contributed by atoms with Crippen molar-refractivity contribution in [3.05, 3.63) is 29.3 Å². The molecule has 2 rings (SSSR count). The maximum Gasteiger partial charge on any atom is 0.124 e. The molecule has 1 saturated heterocycles. The Kier molecular flexibility index (Phi) is 5.63. The monoisotopic (exact) mass is 265 g/mol. The molecule has 0 aliphatic carbocycles. The Hall–Kier alpha value is -1.10. The van der Waals surface area contributed by atoms with E-state index in [-0.39, 0.29) is 6.10 Å². The molecule has 1 fully saturated rings. The summed E-state index contributed by atoms with van der Waals surface area (Å²) in [5.74, 6) is 0.964. The Morgan fingerprint density at radius 3 is 3.05 bits per heavy atom. The summed E-state index contributed by atoms with van der Waals surface area (Å²) in [7, 11) is 1.71. The van der Waals surface area contributed by atoms with Gasteiger partial charge in [-0.3, -0.25) is 0 Å². The highest BCUT2D eigenvalue weighted by Gasteiger charge is 2.18. The van der Waals surface area contributed by atoms with Crippen LogP contribution in [0.2, 0.25) is 0 Å². The fourth-order valence-corrected chi connectivity index (χ4v) is 2.14. The van der Waals surface area contributed by atoms with Gasteiger partial charge in [0.2, 0.25) is 0 Å². The molecule has 0 saturated carbocycles. The van der Waals surface area contributed by atoms with E-state index in [2.05, 4.69) is 30.4 Å². The van der Waals surface area contributed by atoms with E-state index in [1.165, 1.54) is 11.1 Å².